The summed E-state index contributed by atoms with van der Waals surface area (Å²) in [5, 5.41) is 8.54. The Balaban J connectivity index is 1.51. The number of aromatic nitrogens is 3. The van der Waals surface area contributed by atoms with Crippen molar-refractivity contribution in [2.75, 3.05) is 0 Å². The van der Waals surface area contributed by atoms with E-state index in [4.69, 9.17) is 4.98 Å². The normalized spacial score (nSPS) is 12.1. The monoisotopic (exact) mass is 515 g/mol. The Morgan fingerprint density at radius 2 is 1.21 bits per heavy atom. The summed E-state index contributed by atoms with van der Waals surface area (Å²) >= 11 is 1.74. The van der Waals surface area contributed by atoms with Crippen LogP contribution in [0.15, 0.2) is 127 Å². The third-order valence-electron chi connectivity index (χ3n) is 7.94. The lowest BCUT2D eigenvalue weighted by Gasteiger charge is -2.08. The van der Waals surface area contributed by atoms with Crippen molar-refractivity contribution in [3.05, 3.63) is 127 Å². The smallest absolute Gasteiger partial charge is 0.195 e. The molecule has 4 heteroatoms. The zero-order valence-electron chi connectivity index (χ0n) is 20.9. The molecule has 0 atom stereocenters. The molecule has 0 saturated carbocycles. The first-order valence-electron chi connectivity index (χ1n) is 13.2. The molecule has 3 aromatic heterocycles. The molecule has 0 bridgehead atoms. The van der Waals surface area contributed by atoms with Gasteiger partial charge in [0.25, 0.3) is 0 Å². The van der Waals surface area contributed by atoms with Crippen molar-refractivity contribution in [1.29, 1.82) is 0 Å². The van der Waals surface area contributed by atoms with Gasteiger partial charge in [-0.25, -0.2) is 4.98 Å². The summed E-state index contributed by atoms with van der Waals surface area (Å²) in [6.07, 6.45) is 0. The Kier molecular flexibility index (Phi) is 4.21. The first-order chi connectivity index (χ1) is 19.3. The highest BCUT2D eigenvalue weighted by molar-refractivity contribution is 7.20. The third kappa shape index (κ3) is 2.89. The highest BCUT2D eigenvalue weighted by Gasteiger charge is 2.20. The van der Waals surface area contributed by atoms with Gasteiger partial charge in [0.05, 0.1) is 32.3 Å². The van der Waals surface area contributed by atoms with E-state index in [-0.39, 0.29) is 0 Å². The molecule has 0 radical (unpaired) electrons. The lowest BCUT2D eigenvalue weighted by molar-refractivity contribution is 1.15. The molecule has 0 fully saturated rings. The predicted octanol–water partition coefficient (Wildman–Crippen LogP) is 9.64. The Morgan fingerprint density at radius 1 is 0.487 bits per heavy atom. The van der Waals surface area contributed by atoms with E-state index < -0.39 is 0 Å². The van der Waals surface area contributed by atoms with Gasteiger partial charge < -0.3 is 4.57 Å². The maximum Gasteiger partial charge on any atom is 0.195 e. The van der Waals surface area contributed by atoms with Crippen molar-refractivity contribution in [3.8, 4) is 10.8 Å². The van der Waals surface area contributed by atoms with E-state index in [0.29, 0.717) is 0 Å². The summed E-state index contributed by atoms with van der Waals surface area (Å²) in [6, 6.07) is 45.8. The van der Waals surface area contributed by atoms with Gasteiger partial charge >= 0.3 is 0 Å². The summed E-state index contributed by atoms with van der Waals surface area (Å²) in [5.74, 6) is 0. The predicted molar refractivity (Wildman–Crippen MR) is 166 cm³/mol. The van der Waals surface area contributed by atoms with Crippen molar-refractivity contribution in [2.24, 2.45) is 0 Å². The summed E-state index contributed by atoms with van der Waals surface area (Å²) < 4.78 is 5.97. The zero-order chi connectivity index (χ0) is 25.5. The van der Waals surface area contributed by atoms with Gasteiger partial charge in [-0.05, 0) is 59.3 Å². The zero-order valence-corrected chi connectivity index (χ0v) is 21.7. The van der Waals surface area contributed by atoms with E-state index >= 15 is 0 Å². The van der Waals surface area contributed by atoms with E-state index in [9.17, 15) is 0 Å². The summed E-state index contributed by atoms with van der Waals surface area (Å²) in [6.45, 7) is 0. The lowest BCUT2D eigenvalue weighted by Crippen LogP contribution is -1.94. The van der Waals surface area contributed by atoms with Crippen LogP contribution in [0.3, 0.4) is 0 Å². The Labute approximate surface area is 227 Å². The Bertz CT molecular complexity index is 2360. The molecule has 0 aliphatic carbocycles. The summed E-state index contributed by atoms with van der Waals surface area (Å²) in [7, 11) is 0. The molecule has 0 saturated heterocycles. The maximum atomic E-state index is 5.08. The number of para-hydroxylation sites is 3. The van der Waals surface area contributed by atoms with Crippen LogP contribution in [-0.2, 0) is 0 Å². The topological polar surface area (TPSA) is 22.8 Å². The van der Waals surface area contributed by atoms with Crippen LogP contribution >= 0.6 is 11.3 Å². The van der Waals surface area contributed by atoms with Gasteiger partial charge in [0.1, 0.15) is 0 Å². The first kappa shape index (κ1) is 21.1. The van der Waals surface area contributed by atoms with Gasteiger partial charge in [0, 0.05) is 27.2 Å². The van der Waals surface area contributed by atoms with Gasteiger partial charge in [-0.1, -0.05) is 90.2 Å². The number of rotatable bonds is 2. The van der Waals surface area contributed by atoms with Gasteiger partial charge in [0.15, 0.2) is 5.13 Å². The molecule has 0 N–H and O–H groups in total. The minimum atomic E-state index is 0.999. The highest BCUT2D eigenvalue weighted by Crippen LogP contribution is 2.42. The van der Waals surface area contributed by atoms with Crippen molar-refractivity contribution in [2.45, 2.75) is 0 Å². The molecule has 0 aliphatic heterocycles. The Hall–Kier alpha value is -4.93. The molecule has 0 amide bonds. The molecule has 3 nitrogen and oxygen atoms in total. The SMILES string of the molecule is c1ccc(-n2c3cc4c5ccccc5n(-c5nc6ccccc6s5)c4cc3c3c4ccccc4ccc32)cc1. The summed E-state index contributed by atoms with van der Waals surface area (Å²) in [4.78, 5) is 5.08. The molecule has 39 heavy (non-hydrogen) atoms. The number of hydrogen-bond donors (Lipinski definition) is 0. The second-order valence-electron chi connectivity index (χ2n) is 10.1. The van der Waals surface area contributed by atoms with Gasteiger partial charge in [-0.15, -0.1) is 0 Å². The van der Waals surface area contributed by atoms with Gasteiger partial charge in [-0.3, -0.25) is 4.57 Å². The largest absolute Gasteiger partial charge is 0.309 e. The van der Waals surface area contributed by atoms with E-state index in [0.717, 1.165) is 10.6 Å². The standard InChI is InChI=1S/C35H21N3S/c1-2-11-23(12-3-1)37-30-19-18-22-10-4-5-13-24(22)34(30)27-21-31-26(20-32(27)37)25-14-6-8-16-29(25)38(31)35-36-28-15-7-9-17-33(28)39-35/h1-21H. The molecule has 0 spiro atoms. The van der Waals surface area contributed by atoms with Crippen LogP contribution in [0.1, 0.15) is 0 Å². The van der Waals surface area contributed by atoms with Crippen molar-refractivity contribution < 1.29 is 0 Å². The van der Waals surface area contributed by atoms with E-state index in [1.165, 1.54) is 64.8 Å². The number of thiazole rings is 1. The third-order valence-corrected chi connectivity index (χ3v) is 8.96. The van der Waals surface area contributed by atoms with Crippen LogP contribution in [0, 0.1) is 0 Å². The van der Waals surface area contributed by atoms with Crippen LogP contribution in [0.5, 0.6) is 0 Å². The van der Waals surface area contributed by atoms with Crippen LogP contribution in [-0.4, -0.2) is 14.1 Å². The van der Waals surface area contributed by atoms with Crippen molar-refractivity contribution in [1.82, 2.24) is 14.1 Å². The Morgan fingerprint density at radius 3 is 2.10 bits per heavy atom. The molecular weight excluding hydrogens is 494 g/mol. The van der Waals surface area contributed by atoms with Crippen molar-refractivity contribution in [3.63, 3.8) is 0 Å². The van der Waals surface area contributed by atoms with E-state index in [2.05, 4.69) is 137 Å². The minimum absolute atomic E-state index is 0.999. The van der Waals surface area contributed by atoms with Crippen LogP contribution in [0.25, 0.3) is 75.4 Å². The highest BCUT2D eigenvalue weighted by atomic mass is 32.1. The fourth-order valence-electron chi connectivity index (χ4n) is 6.27. The number of benzene rings is 6. The van der Waals surface area contributed by atoms with Crippen LogP contribution in [0.4, 0.5) is 0 Å². The second kappa shape index (κ2) is 7.79. The molecule has 6 aromatic carbocycles. The molecule has 3 heterocycles. The minimum Gasteiger partial charge on any atom is -0.309 e. The fraction of sp³-hybridized carbons (Fsp3) is 0. The van der Waals surface area contributed by atoms with Crippen molar-refractivity contribution >= 4 is 75.9 Å². The molecule has 182 valence electrons. The van der Waals surface area contributed by atoms with E-state index in [1.54, 1.807) is 11.3 Å². The number of hydrogen-bond acceptors (Lipinski definition) is 2. The van der Waals surface area contributed by atoms with Crippen LogP contribution < -0.4 is 0 Å². The van der Waals surface area contributed by atoms with Gasteiger partial charge in [-0.2, -0.15) is 0 Å². The molecular formula is C35H21N3S. The molecule has 9 aromatic rings. The second-order valence-corrected chi connectivity index (χ2v) is 11.1. The number of fused-ring (bicyclic) bond motifs is 9. The van der Waals surface area contributed by atoms with E-state index in [1.807, 2.05) is 0 Å². The fourth-order valence-corrected chi connectivity index (χ4v) is 7.26. The number of nitrogens with zero attached hydrogens (tertiary/aromatic N) is 3. The summed E-state index contributed by atoms with van der Waals surface area (Å²) in [5.41, 5.74) is 7.01. The maximum absolute atomic E-state index is 5.08. The van der Waals surface area contributed by atoms with Crippen LogP contribution in [0.2, 0.25) is 0 Å². The average Bonchev–Trinajstić information content (AvgIpc) is 3.66. The molecule has 0 aliphatic rings. The lowest BCUT2D eigenvalue weighted by atomic mass is 10.0. The average molecular weight is 516 g/mol. The van der Waals surface area contributed by atoms with Gasteiger partial charge in [0.2, 0.25) is 0 Å². The quantitative estimate of drug-likeness (QED) is 0.225. The molecule has 0 unspecified atom stereocenters. The first-order valence-corrected chi connectivity index (χ1v) is 14.0. The molecule has 9 rings (SSSR count).